The third-order valence-corrected chi connectivity index (χ3v) is 6.24. The molecular weight excluding hydrogens is 566 g/mol. The van der Waals surface area contributed by atoms with Crippen LogP contribution in [-0.2, 0) is 32.2 Å². The number of aliphatic carboxylic acids is 2. The van der Waals surface area contributed by atoms with Crippen molar-refractivity contribution >= 4 is 11.9 Å². The SMILES string of the molecule is COc1ccccc1CN1CC2(C1)OCCC2CCOCc1ccccn1.O=C(O)C(F)(F)F.O=C(O)C(F)(F)F. The highest BCUT2D eigenvalue weighted by molar-refractivity contribution is 5.73. The molecule has 2 N–H and O–H groups in total. The molecule has 41 heavy (non-hydrogen) atoms. The number of nitrogens with zero attached hydrogens (tertiary/aromatic N) is 2. The fraction of sp³-hybridized carbons (Fsp3) is 0.500. The van der Waals surface area contributed by atoms with E-state index in [1.807, 2.05) is 36.5 Å². The Morgan fingerprint density at radius 1 is 1.02 bits per heavy atom. The summed E-state index contributed by atoms with van der Waals surface area (Å²) in [5.41, 5.74) is 2.25. The molecule has 2 aromatic rings. The zero-order chi connectivity index (χ0) is 30.7. The fourth-order valence-corrected chi connectivity index (χ4v) is 4.33. The summed E-state index contributed by atoms with van der Waals surface area (Å²) in [5, 5.41) is 14.2. The fourth-order valence-electron chi connectivity index (χ4n) is 4.33. The zero-order valence-corrected chi connectivity index (χ0v) is 22.0. The number of hydrogen-bond donors (Lipinski definition) is 2. The highest BCUT2D eigenvalue weighted by Gasteiger charge is 2.52. The number of para-hydroxylation sites is 1. The zero-order valence-electron chi connectivity index (χ0n) is 22.0. The average Bonchev–Trinajstić information content (AvgIpc) is 3.31. The van der Waals surface area contributed by atoms with Crippen molar-refractivity contribution in [2.24, 2.45) is 5.92 Å². The van der Waals surface area contributed by atoms with Crippen LogP contribution in [0.3, 0.4) is 0 Å². The number of benzene rings is 1. The van der Waals surface area contributed by atoms with Crippen LogP contribution in [0, 0.1) is 5.92 Å². The highest BCUT2D eigenvalue weighted by Crippen LogP contribution is 2.42. The van der Waals surface area contributed by atoms with E-state index < -0.39 is 24.3 Å². The van der Waals surface area contributed by atoms with Crippen LogP contribution in [0.5, 0.6) is 5.75 Å². The van der Waals surface area contributed by atoms with Gasteiger partial charge in [-0.1, -0.05) is 24.3 Å². The first-order valence-corrected chi connectivity index (χ1v) is 12.2. The maximum Gasteiger partial charge on any atom is 0.490 e. The molecule has 1 unspecified atom stereocenters. The van der Waals surface area contributed by atoms with Gasteiger partial charge in [0, 0.05) is 44.6 Å². The van der Waals surface area contributed by atoms with E-state index in [2.05, 4.69) is 22.0 Å². The molecule has 1 atom stereocenters. The standard InChI is InChI=1S/C22H28N2O3.2C2HF3O2/c1-25-21-8-3-2-6-18(21)14-24-16-22(17-24)19(10-13-27-22)9-12-26-15-20-7-4-5-11-23-20;2*3-2(4,5)1(6)7/h2-8,11,19H,9-10,12-17H2,1H3;2*(H,6,7). The van der Waals surface area contributed by atoms with Gasteiger partial charge in [-0.05, 0) is 37.0 Å². The van der Waals surface area contributed by atoms with Crippen molar-refractivity contribution in [1.82, 2.24) is 9.88 Å². The van der Waals surface area contributed by atoms with E-state index in [4.69, 9.17) is 34.0 Å². The number of likely N-dealkylation sites (tertiary alicyclic amines) is 1. The van der Waals surface area contributed by atoms with E-state index in [-0.39, 0.29) is 5.60 Å². The lowest BCUT2D eigenvalue weighted by Crippen LogP contribution is -2.64. The summed E-state index contributed by atoms with van der Waals surface area (Å²) in [4.78, 5) is 24.5. The smallest absolute Gasteiger partial charge is 0.490 e. The van der Waals surface area contributed by atoms with Gasteiger partial charge in [-0.2, -0.15) is 26.3 Å². The van der Waals surface area contributed by atoms with Crippen molar-refractivity contribution in [3.05, 3.63) is 59.9 Å². The van der Waals surface area contributed by atoms with E-state index in [9.17, 15) is 26.3 Å². The lowest BCUT2D eigenvalue weighted by atomic mass is 9.79. The normalized spacial score (nSPS) is 17.9. The minimum Gasteiger partial charge on any atom is -0.496 e. The van der Waals surface area contributed by atoms with Gasteiger partial charge in [0.1, 0.15) is 5.75 Å². The summed E-state index contributed by atoms with van der Waals surface area (Å²) in [6.45, 7) is 5.12. The molecule has 9 nitrogen and oxygen atoms in total. The maximum absolute atomic E-state index is 10.6. The summed E-state index contributed by atoms with van der Waals surface area (Å²) in [6.07, 6.45) is -6.17. The molecule has 2 aliphatic rings. The number of methoxy groups -OCH3 is 1. The van der Waals surface area contributed by atoms with Crippen LogP contribution in [0.15, 0.2) is 48.7 Å². The van der Waals surface area contributed by atoms with Crippen LogP contribution in [0.1, 0.15) is 24.1 Å². The van der Waals surface area contributed by atoms with Crippen LogP contribution in [0.2, 0.25) is 0 Å². The van der Waals surface area contributed by atoms with Crippen molar-refractivity contribution < 1.29 is 60.4 Å². The third kappa shape index (κ3) is 10.8. The van der Waals surface area contributed by atoms with E-state index in [1.165, 1.54) is 5.56 Å². The van der Waals surface area contributed by atoms with Gasteiger partial charge in [0.15, 0.2) is 0 Å². The molecule has 0 amide bonds. The molecule has 1 aromatic heterocycles. The first-order chi connectivity index (χ1) is 19.2. The molecule has 1 aromatic carbocycles. The third-order valence-electron chi connectivity index (χ3n) is 6.24. The molecule has 3 heterocycles. The Hall–Kier alpha value is -3.43. The summed E-state index contributed by atoms with van der Waals surface area (Å²) < 4.78 is 81.0. The Morgan fingerprint density at radius 2 is 1.61 bits per heavy atom. The predicted molar refractivity (Wildman–Crippen MR) is 131 cm³/mol. The Kier molecular flexibility index (Phi) is 12.3. The molecule has 4 rings (SSSR count). The second kappa shape index (κ2) is 15.0. The number of carboxylic acid groups (broad SMARTS) is 2. The lowest BCUT2D eigenvalue weighted by molar-refractivity contribution is -0.193. The Balaban J connectivity index is 0.000000349. The molecule has 228 valence electrons. The van der Waals surface area contributed by atoms with Crippen LogP contribution in [0.4, 0.5) is 26.3 Å². The second-order valence-corrected chi connectivity index (χ2v) is 9.12. The highest BCUT2D eigenvalue weighted by atomic mass is 19.4. The molecule has 0 bridgehead atoms. The molecule has 15 heteroatoms. The first-order valence-electron chi connectivity index (χ1n) is 12.2. The quantitative estimate of drug-likeness (QED) is 0.334. The average molecular weight is 597 g/mol. The lowest BCUT2D eigenvalue weighted by Gasteiger charge is -2.50. The number of carbonyl (C=O) groups is 2. The van der Waals surface area contributed by atoms with Crippen molar-refractivity contribution in [3.63, 3.8) is 0 Å². The van der Waals surface area contributed by atoms with Crippen LogP contribution >= 0.6 is 0 Å². The van der Waals surface area contributed by atoms with Crippen molar-refractivity contribution in [2.45, 2.75) is 43.9 Å². The van der Waals surface area contributed by atoms with E-state index >= 15 is 0 Å². The van der Waals surface area contributed by atoms with Crippen LogP contribution < -0.4 is 4.74 Å². The van der Waals surface area contributed by atoms with Gasteiger partial charge in [0.05, 0.1) is 25.0 Å². The number of carboxylic acids is 2. The number of aromatic nitrogens is 1. The van der Waals surface area contributed by atoms with Gasteiger partial charge in [-0.3, -0.25) is 9.88 Å². The number of hydrogen-bond acceptors (Lipinski definition) is 7. The van der Waals surface area contributed by atoms with E-state index in [1.54, 1.807) is 7.11 Å². The number of pyridine rings is 1. The number of alkyl halides is 6. The van der Waals surface area contributed by atoms with E-state index in [0.717, 1.165) is 57.1 Å². The predicted octanol–water partition coefficient (Wildman–Crippen LogP) is 4.55. The summed E-state index contributed by atoms with van der Waals surface area (Å²) in [7, 11) is 1.73. The summed E-state index contributed by atoms with van der Waals surface area (Å²) in [6, 6.07) is 14.2. The minimum atomic E-state index is -5.08. The van der Waals surface area contributed by atoms with Crippen LogP contribution in [0.25, 0.3) is 0 Å². The van der Waals surface area contributed by atoms with E-state index in [0.29, 0.717) is 12.5 Å². The Bertz CT molecular complexity index is 1090. The number of ether oxygens (including phenoxy) is 3. The molecule has 0 radical (unpaired) electrons. The molecule has 2 aliphatic heterocycles. The second-order valence-electron chi connectivity index (χ2n) is 9.12. The molecule has 0 saturated carbocycles. The van der Waals surface area contributed by atoms with Crippen molar-refractivity contribution in [2.75, 3.05) is 33.4 Å². The summed E-state index contributed by atoms with van der Waals surface area (Å²) in [5.74, 6) is -3.97. The number of rotatable bonds is 8. The van der Waals surface area contributed by atoms with Crippen molar-refractivity contribution in [3.8, 4) is 5.75 Å². The Morgan fingerprint density at radius 3 is 2.15 bits per heavy atom. The van der Waals surface area contributed by atoms with Crippen molar-refractivity contribution in [1.29, 1.82) is 0 Å². The molecular formula is C26H30F6N2O7. The Labute approximate surface area is 231 Å². The topological polar surface area (TPSA) is 118 Å². The molecule has 0 aliphatic carbocycles. The van der Waals surface area contributed by atoms with Gasteiger partial charge < -0.3 is 24.4 Å². The van der Waals surface area contributed by atoms with Gasteiger partial charge in [-0.15, -0.1) is 0 Å². The van der Waals surface area contributed by atoms with Gasteiger partial charge in [0.25, 0.3) is 0 Å². The largest absolute Gasteiger partial charge is 0.496 e. The summed E-state index contributed by atoms with van der Waals surface area (Å²) >= 11 is 0. The minimum absolute atomic E-state index is 0.0242. The monoisotopic (exact) mass is 596 g/mol. The molecule has 2 fully saturated rings. The molecule has 1 spiro atoms. The van der Waals surface area contributed by atoms with Crippen LogP contribution in [-0.4, -0.2) is 83.4 Å². The van der Waals surface area contributed by atoms with Gasteiger partial charge in [0.2, 0.25) is 0 Å². The molecule has 2 saturated heterocycles. The van der Waals surface area contributed by atoms with Gasteiger partial charge in [-0.25, -0.2) is 9.59 Å². The van der Waals surface area contributed by atoms with Gasteiger partial charge >= 0.3 is 24.3 Å². The maximum atomic E-state index is 10.6. The first kappa shape index (κ1) is 33.8. The number of halogens is 6.